The van der Waals surface area contributed by atoms with E-state index in [9.17, 15) is 8.42 Å². The zero-order valence-electron chi connectivity index (χ0n) is 12.0. The molecule has 0 spiro atoms. The van der Waals surface area contributed by atoms with Gasteiger partial charge in [0, 0.05) is 6.07 Å². The molecule has 0 unspecified atom stereocenters. The van der Waals surface area contributed by atoms with Gasteiger partial charge in [-0.2, -0.15) is 5.10 Å². The smallest absolute Gasteiger partial charge is 0.263 e. The van der Waals surface area contributed by atoms with Crippen LogP contribution in [0.1, 0.15) is 0 Å². The van der Waals surface area contributed by atoms with E-state index in [-0.39, 0.29) is 10.7 Å². The minimum atomic E-state index is -3.77. The van der Waals surface area contributed by atoms with E-state index in [2.05, 4.69) is 24.8 Å². The molecule has 3 rings (SSSR count). The zero-order valence-corrected chi connectivity index (χ0v) is 12.8. The first-order valence-corrected chi connectivity index (χ1v) is 7.91. The Morgan fingerprint density at radius 1 is 1.13 bits per heavy atom. The zero-order chi connectivity index (χ0) is 16.3. The maximum atomic E-state index is 12.4. The molecule has 0 amide bonds. The van der Waals surface area contributed by atoms with Gasteiger partial charge in [0.2, 0.25) is 0 Å². The van der Waals surface area contributed by atoms with Crippen LogP contribution in [-0.2, 0) is 10.0 Å². The third-order valence-electron chi connectivity index (χ3n) is 2.91. The molecule has 0 aliphatic rings. The summed E-state index contributed by atoms with van der Waals surface area (Å²) in [5.41, 5.74) is 0. The number of methoxy groups -OCH3 is 1. The maximum absolute atomic E-state index is 12.4. The molecule has 9 nitrogen and oxygen atoms in total. The highest BCUT2D eigenvalue weighted by Gasteiger charge is 2.15. The minimum Gasteiger partial charge on any atom is -0.497 e. The number of aromatic nitrogens is 5. The third-order valence-corrected chi connectivity index (χ3v) is 4.29. The molecule has 0 atom stereocenters. The molecule has 0 saturated carbocycles. The lowest BCUT2D eigenvalue weighted by Crippen LogP contribution is -2.14. The van der Waals surface area contributed by atoms with Gasteiger partial charge in [-0.1, -0.05) is 0 Å². The van der Waals surface area contributed by atoms with Crippen LogP contribution in [0.3, 0.4) is 0 Å². The highest BCUT2D eigenvalue weighted by Crippen LogP contribution is 2.18. The van der Waals surface area contributed by atoms with Crippen LogP contribution >= 0.6 is 0 Å². The number of ether oxygens (including phenoxy) is 1. The fourth-order valence-corrected chi connectivity index (χ4v) is 2.81. The van der Waals surface area contributed by atoms with Crippen LogP contribution in [0.15, 0.2) is 54.2 Å². The monoisotopic (exact) mass is 332 g/mol. The van der Waals surface area contributed by atoms with E-state index in [1.807, 2.05) is 0 Å². The molecule has 0 radical (unpaired) electrons. The van der Waals surface area contributed by atoms with Gasteiger partial charge in [0.1, 0.15) is 30.5 Å². The minimum absolute atomic E-state index is 0.0965. The molecule has 0 fully saturated rings. The van der Waals surface area contributed by atoms with Crippen molar-refractivity contribution in [1.29, 1.82) is 0 Å². The van der Waals surface area contributed by atoms with Crippen molar-refractivity contribution in [3.05, 3.63) is 49.3 Å². The van der Waals surface area contributed by atoms with E-state index in [0.29, 0.717) is 11.6 Å². The van der Waals surface area contributed by atoms with E-state index < -0.39 is 10.0 Å². The molecular formula is C13H12N6O3S. The number of nitrogens with zero attached hydrogens (tertiary/aromatic N) is 5. The molecule has 10 heteroatoms. The standard InChI is InChI=1S/C13H12N6O3S/c1-22-10-2-4-11(5-3-10)23(20,21)18-12-6-13(16-8-15-12)19-9-14-7-17-19/h2-9H,1H3,(H,15,16,18). The summed E-state index contributed by atoms with van der Waals surface area (Å²) < 4.78 is 33.5. The van der Waals surface area contributed by atoms with Gasteiger partial charge in [0.15, 0.2) is 5.82 Å². The van der Waals surface area contributed by atoms with Crippen molar-refractivity contribution in [3.8, 4) is 11.6 Å². The van der Waals surface area contributed by atoms with Crippen molar-refractivity contribution in [3.63, 3.8) is 0 Å². The number of sulfonamides is 1. The van der Waals surface area contributed by atoms with Gasteiger partial charge in [-0.25, -0.2) is 28.1 Å². The first-order valence-electron chi connectivity index (χ1n) is 6.42. The van der Waals surface area contributed by atoms with Gasteiger partial charge >= 0.3 is 0 Å². The quantitative estimate of drug-likeness (QED) is 0.737. The fourth-order valence-electron chi connectivity index (χ4n) is 1.81. The summed E-state index contributed by atoms with van der Waals surface area (Å²) in [6.07, 6.45) is 4.04. The molecule has 1 N–H and O–H groups in total. The van der Waals surface area contributed by atoms with Gasteiger partial charge in [-0.15, -0.1) is 0 Å². The first-order chi connectivity index (χ1) is 11.1. The lowest BCUT2D eigenvalue weighted by Gasteiger charge is -2.08. The second-order valence-corrected chi connectivity index (χ2v) is 6.06. The van der Waals surface area contributed by atoms with E-state index in [4.69, 9.17) is 4.74 Å². The predicted molar refractivity (Wildman–Crippen MR) is 80.8 cm³/mol. The van der Waals surface area contributed by atoms with E-state index in [1.54, 1.807) is 12.1 Å². The van der Waals surface area contributed by atoms with Gasteiger partial charge < -0.3 is 4.74 Å². The van der Waals surface area contributed by atoms with Crippen LogP contribution < -0.4 is 9.46 Å². The third kappa shape index (κ3) is 3.26. The SMILES string of the molecule is COc1ccc(S(=O)(=O)Nc2cc(-n3cncn3)ncn2)cc1. The molecule has 2 aromatic heterocycles. The molecule has 3 aromatic rings. The second-order valence-electron chi connectivity index (χ2n) is 4.38. The number of anilines is 1. The molecular weight excluding hydrogens is 320 g/mol. The van der Waals surface area contributed by atoms with Gasteiger partial charge in [-0.3, -0.25) is 4.72 Å². The van der Waals surface area contributed by atoms with Crippen molar-refractivity contribution in [1.82, 2.24) is 24.7 Å². The lowest BCUT2D eigenvalue weighted by molar-refractivity contribution is 0.414. The van der Waals surface area contributed by atoms with Crippen molar-refractivity contribution >= 4 is 15.8 Å². The van der Waals surface area contributed by atoms with Crippen LogP contribution in [0.2, 0.25) is 0 Å². The summed E-state index contributed by atoms with van der Waals surface area (Å²) in [6.45, 7) is 0. The van der Waals surface area contributed by atoms with Crippen molar-refractivity contribution in [2.45, 2.75) is 4.90 Å². The van der Waals surface area contributed by atoms with Crippen LogP contribution in [-0.4, -0.2) is 40.3 Å². The van der Waals surface area contributed by atoms with Gasteiger partial charge in [-0.05, 0) is 24.3 Å². The van der Waals surface area contributed by atoms with Crippen LogP contribution in [0, 0.1) is 0 Å². The summed E-state index contributed by atoms with van der Waals surface area (Å²) in [5.74, 6) is 1.09. The second kappa shape index (κ2) is 6.01. The Hall–Kier alpha value is -3.01. The van der Waals surface area contributed by atoms with Crippen molar-refractivity contribution < 1.29 is 13.2 Å². The average molecular weight is 332 g/mol. The molecule has 2 heterocycles. The summed E-state index contributed by atoms with van der Waals surface area (Å²) in [4.78, 5) is 11.8. The molecule has 0 saturated heterocycles. The summed E-state index contributed by atoms with van der Waals surface area (Å²) in [7, 11) is -2.26. The van der Waals surface area contributed by atoms with Crippen molar-refractivity contribution in [2.75, 3.05) is 11.8 Å². The predicted octanol–water partition coefficient (Wildman–Crippen LogP) is 0.867. The normalized spacial score (nSPS) is 11.2. The molecule has 1 aromatic carbocycles. The number of hydrogen-bond donors (Lipinski definition) is 1. The Morgan fingerprint density at radius 3 is 2.57 bits per heavy atom. The van der Waals surface area contributed by atoms with Crippen LogP contribution in [0.4, 0.5) is 5.82 Å². The number of nitrogens with one attached hydrogen (secondary N) is 1. The van der Waals surface area contributed by atoms with Gasteiger partial charge in [0.05, 0.1) is 12.0 Å². The number of benzene rings is 1. The fraction of sp³-hybridized carbons (Fsp3) is 0.0769. The average Bonchev–Trinajstić information content (AvgIpc) is 3.09. The molecule has 0 bridgehead atoms. The summed E-state index contributed by atoms with van der Waals surface area (Å²) in [6, 6.07) is 7.47. The molecule has 23 heavy (non-hydrogen) atoms. The van der Waals surface area contributed by atoms with E-state index in [0.717, 1.165) is 0 Å². The highest BCUT2D eigenvalue weighted by atomic mass is 32.2. The Morgan fingerprint density at radius 2 is 1.91 bits per heavy atom. The Bertz CT molecular complexity index is 894. The molecule has 0 aliphatic carbocycles. The Kier molecular flexibility index (Phi) is 3.89. The van der Waals surface area contributed by atoms with E-state index in [1.165, 1.54) is 49.0 Å². The first kappa shape index (κ1) is 14.9. The highest BCUT2D eigenvalue weighted by molar-refractivity contribution is 7.92. The molecule has 118 valence electrons. The maximum Gasteiger partial charge on any atom is 0.263 e. The topological polar surface area (TPSA) is 112 Å². The van der Waals surface area contributed by atoms with E-state index >= 15 is 0 Å². The Balaban J connectivity index is 1.87. The lowest BCUT2D eigenvalue weighted by atomic mass is 10.3. The number of hydrogen-bond acceptors (Lipinski definition) is 7. The molecule has 0 aliphatic heterocycles. The van der Waals surface area contributed by atoms with Crippen molar-refractivity contribution in [2.24, 2.45) is 0 Å². The van der Waals surface area contributed by atoms with Gasteiger partial charge in [0.25, 0.3) is 10.0 Å². The van der Waals surface area contributed by atoms with Crippen LogP contribution in [0.5, 0.6) is 5.75 Å². The summed E-state index contributed by atoms with van der Waals surface area (Å²) in [5, 5.41) is 3.93. The van der Waals surface area contributed by atoms with Crippen LogP contribution in [0.25, 0.3) is 5.82 Å². The summed E-state index contributed by atoms with van der Waals surface area (Å²) >= 11 is 0. The largest absolute Gasteiger partial charge is 0.497 e. The number of rotatable bonds is 5. The Labute approximate surface area is 132 Å².